The molecule has 0 saturated heterocycles. The quantitative estimate of drug-likeness (QED) is 0.408. The van der Waals surface area contributed by atoms with Crippen LogP contribution in [0.4, 0.5) is 5.69 Å². The van der Waals surface area contributed by atoms with Gasteiger partial charge in [-0.1, -0.05) is 41.9 Å². The third-order valence-corrected chi connectivity index (χ3v) is 5.16. The minimum atomic E-state index is -0.966. The summed E-state index contributed by atoms with van der Waals surface area (Å²) in [5.74, 6) is -1.57. The lowest BCUT2D eigenvalue weighted by Gasteiger charge is -2.10. The first-order valence-corrected chi connectivity index (χ1v) is 10.1. The van der Waals surface area contributed by atoms with Crippen molar-refractivity contribution in [2.75, 3.05) is 5.32 Å². The normalized spacial score (nSPS) is 10.7. The second-order valence-corrected chi connectivity index (χ2v) is 7.56. The molecule has 4 aromatic rings. The lowest BCUT2D eigenvalue weighted by atomic mass is 9.98. The topological polar surface area (TPSA) is 96.4 Å². The molecule has 0 atom stereocenters. The van der Waals surface area contributed by atoms with E-state index in [1.807, 2.05) is 0 Å². The summed E-state index contributed by atoms with van der Waals surface area (Å²) in [6.07, 6.45) is 1.26. The van der Waals surface area contributed by atoms with Crippen LogP contribution in [0, 0.1) is 0 Å². The molecule has 0 aliphatic heterocycles. The van der Waals surface area contributed by atoms with E-state index in [1.165, 1.54) is 6.20 Å². The Bertz CT molecular complexity index is 1350. The molecule has 0 aliphatic carbocycles. The number of carbonyl (C=O) groups is 3. The summed E-state index contributed by atoms with van der Waals surface area (Å²) >= 11 is 5.93. The Kier molecular flexibility index (Phi) is 5.96. The first-order valence-electron chi connectivity index (χ1n) is 9.72. The SMILES string of the molecule is O=C(O)Cc1cnc(C(=O)c2ccc(NC(=O)c3cccc(Cl)c3)cc2)c2ccccc12. The Balaban J connectivity index is 1.58. The summed E-state index contributed by atoms with van der Waals surface area (Å²) in [6, 6.07) is 20.2. The van der Waals surface area contributed by atoms with Crippen molar-refractivity contribution >= 4 is 45.7 Å². The number of hydrogen-bond acceptors (Lipinski definition) is 4. The summed E-state index contributed by atoms with van der Waals surface area (Å²) < 4.78 is 0. The number of nitrogens with zero attached hydrogens (tertiary/aromatic N) is 1. The molecular formula is C25H17ClN2O4. The number of carboxylic acids is 1. The maximum atomic E-state index is 13.1. The standard InChI is InChI=1S/C25H17ClN2O4/c26-18-5-3-4-16(12-18)25(32)28-19-10-8-15(9-11-19)24(31)23-21-7-2-1-6-20(21)17(14-27-23)13-22(29)30/h1-12,14H,13H2,(H,28,32)(H,29,30). The van der Waals surface area contributed by atoms with E-state index < -0.39 is 5.97 Å². The molecule has 1 amide bonds. The number of amides is 1. The Morgan fingerprint density at radius 2 is 1.59 bits per heavy atom. The van der Waals surface area contributed by atoms with Crippen molar-refractivity contribution in [2.45, 2.75) is 6.42 Å². The number of pyridine rings is 1. The lowest BCUT2D eigenvalue weighted by molar-refractivity contribution is -0.136. The number of aliphatic carboxylic acids is 1. The van der Waals surface area contributed by atoms with Crippen molar-refractivity contribution in [3.8, 4) is 0 Å². The highest BCUT2D eigenvalue weighted by molar-refractivity contribution is 6.31. The van der Waals surface area contributed by atoms with Crippen molar-refractivity contribution in [1.29, 1.82) is 0 Å². The zero-order valence-electron chi connectivity index (χ0n) is 16.7. The van der Waals surface area contributed by atoms with Gasteiger partial charge in [0.1, 0.15) is 5.69 Å². The van der Waals surface area contributed by atoms with Crippen molar-refractivity contribution in [1.82, 2.24) is 4.98 Å². The van der Waals surface area contributed by atoms with Crippen molar-refractivity contribution in [2.24, 2.45) is 0 Å². The summed E-state index contributed by atoms with van der Waals surface area (Å²) in [7, 11) is 0. The Morgan fingerprint density at radius 1 is 0.875 bits per heavy atom. The highest BCUT2D eigenvalue weighted by Crippen LogP contribution is 2.24. The van der Waals surface area contributed by atoms with Crippen LogP contribution in [0.2, 0.25) is 5.02 Å². The second-order valence-electron chi connectivity index (χ2n) is 7.12. The number of anilines is 1. The minimum Gasteiger partial charge on any atom is -0.481 e. The van der Waals surface area contributed by atoms with Gasteiger partial charge in [0, 0.05) is 33.4 Å². The van der Waals surface area contributed by atoms with Gasteiger partial charge < -0.3 is 10.4 Å². The Morgan fingerprint density at radius 3 is 2.28 bits per heavy atom. The van der Waals surface area contributed by atoms with Gasteiger partial charge in [0.25, 0.3) is 5.91 Å². The van der Waals surface area contributed by atoms with Crippen LogP contribution in [0.1, 0.15) is 32.0 Å². The first kappa shape index (κ1) is 21.2. The fraction of sp³-hybridized carbons (Fsp3) is 0.0400. The highest BCUT2D eigenvalue weighted by atomic mass is 35.5. The number of benzene rings is 3. The van der Waals surface area contributed by atoms with E-state index in [-0.39, 0.29) is 23.8 Å². The van der Waals surface area contributed by atoms with Crippen LogP contribution in [-0.2, 0) is 11.2 Å². The fourth-order valence-electron chi connectivity index (χ4n) is 3.41. The number of aromatic nitrogens is 1. The lowest BCUT2D eigenvalue weighted by Crippen LogP contribution is -2.12. The van der Waals surface area contributed by atoms with E-state index in [0.29, 0.717) is 38.2 Å². The predicted octanol–water partition coefficient (Wildman–Crippen LogP) is 5.00. The molecule has 4 rings (SSSR count). The minimum absolute atomic E-state index is 0.178. The molecule has 2 N–H and O–H groups in total. The fourth-order valence-corrected chi connectivity index (χ4v) is 3.60. The summed E-state index contributed by atoms with van der Waals surface area (Å²) in [5.41, 5.74) is 2.14. The smallest absolute Gasteiger partial charge is 0.307 e. The van der Waals surface area contributed by atoms with Crippen LogP contribution in [0.15, 0.2) is 79.0 Å². The third kappa shape index (κ3) is 4.50. The number of halogens is 1. The van der Waals surface area contributed by atoms with Crippen LogP contribution < -0.4 is 5.32 Å². The van der Waals surface area contributed by atoms with E-state index in [1.54, 1.807) is 72.8 Å². The molecule has 158 valence electrons. The zero-order chi connectivity index (χ0) is 22.7. The average molecular weight is 445 g/mol. The molecule has 0 radical (unpaired) electrons. The molecule has 3 aromatic carbocycles. The predicted molar refractivity (Wildman–Crippen MR) is 122 cm³/mol. The molecule has 0 spiro atoms. The van der Waals surface area contributed by atoms with Crippen LogP contribution in [0.3, 0.4) is 0 Å². The molecule has 0 saturated carbocycles. The largest absolute Gasteiger partial charge is 0.481 e. The molecule has 0 aliphatic rings. The summed E-state index contributed by atoms with van der Waals surface area (Å²) in [5, 5.41) is 13.6. The number of rotatable bonds is 6. The Hall–Kier alpha value is -4.03. The van der Waals surface area contributed by atoms with Gasteiger partial charge >= 0.3 is 5.97 Å². The molecule has 1 heterocycles. The van der Waals surface area contributed by atoms with Gasteiger partial charge in [-0.3, -0.25) is 19.4 Å². The van der Waals surface area contributed by atoms with Gasteiger partial charge in [-0.2, -0.15) is 0 Å². The molecule has 0 unspecified atom stereocenters. The third-order valence-electron chi connectivity index (χ3n) is 4.93. The van der Waals surface area contributed by atoms with Crippen LogP contribution >= 0.6 is 11.6 Å². The average Bonchev–Trinajstić information content (AvgIpc) is 2.79. The number of nitrogens with one attached hydrogen (secondary N) is 1. The number of hydrogen-bond donors (Lipinski definition) is 2. The van der Waals surface area contributed by atoms with Gasteiger partial charge in [-0.25, -0.2) is 0 Å². The maximum absolute atomic E-state index is 13.1. The van der Waals surface area contributed by atoms with Crippen molar-refractivity contribution in [3.63, 3.8) is 0 Å². The molecule has 0 fully saturated rings. The molecule has 7 heteroatoms. The van der Waals surface area contributed by atoms with Crippen LogP contribution in [0.25, 0.3) is 10.8 Å². The monoisotopic (exact) mass is 444 g/mol. The van der Waals surface area contributed by atoms with Crippen molar-refractivity contribution < 1.29 is 19.5 Å². The molecule has 6 nitrogen and oxygen atoms in total. The Labute approximate surface area is 188 Å². The van der Waals surface area contributed by atoms with E-state index >= 15 is 0 Å². The molecular weight excluding hydrogens is 428 g/mol. The zero-order valence-corrected chi connectivity index (χ0v) is 17.5. The summed E-state index contributed by atoms with van der Waals surface area (Å²) in [4.78, 5) is 40.9. The highest BCUT2D eigenvalue weighted by Gasteiger charge is 2.17. The molecule has 1 aromatic heterocycles. The second kappa shape index (κ2) is 8.99. The van der Waals surface area contributed by atoms with E-state index in [4.69, 9.17) is 16.7 Å². The van der Waals surface area contributed by atoms with Gasteiger partial charge in [-0.15, -0.1) is 0 Å². The van der Waals surface area contributed by atoms with Crippen LogP contribution in [-0.4, -0.2) is 27.8 Å². The van der Waals surface area contributed by atoms with E-state index in [2.05, 4.69) is 10.3 Å². The van der Waals surface area contributed by atoms with Crippen molar-refractivity contribution in [3.05, 3.63) is 106 Å². The van der Waals surface area contributed by atoms with E-state index in [0.717, 1.165) is 0 Å². The number of fused-ring (bicyclic) bond motifs is 1. The summed E-state index contributed by atoms with van der Waals surface area (Å²) in [6.45, 7) is 0. The maximum Gasteiger partial charge on any atom is 0.307 e. The molecule has 32 heavy (non-hydrogen) atoms. The number of carboxylic acid groups (broad SMARTS) is 1. The molecule has 0 bridgehead atoms. The number of carbonyl (C=O) groups excluding carboxylic acids is 2. The van der Waals surface area contributed by atoms with Gasteiger partial charge in [0.2, 0.25) is 5.78 Å². The van der Waals surface area contributed by atoms with Crippen LogP contribution in [0.5, 0.6) is 0 Å². The number of ketones is 1. The first-order chi connectivity index (χ1) is 15.4. The van der Waals surface area contributed by atoms with Gasteiger partial charge in [-0.05, 0) is 53.4 Å². The van der Waals surface area contributed by atoms with Gasteiger partial charge in [0.15, 0.2) is 0 Å². The van der Waals surface area contributed by atoms with Gasteiger partial charge in [0.05, 0.1) is 6.42 Å². The van der Waals surface area contributed by atoms with E-state index in [9.17, 15) is 14.4 Å².